The molecule has 0 aliphatic heterocycles. The zero-order valence-electron chi connectivity index (χ0n) is 8.22. The lowest BCUT2D eigenvalue weighted by atomic mass is 9.61. The molecular formula is C10H17F2NO. The van der Waals surface area contributed by atoms with E-state index < -0.39 is 13.0 Å². The highest BCUT2D eigenvalue weighted by Gasteiger charge is 2.55. The Balaban J connectivity index is 1.88. The first-order chi connectivity index (χ1) is 6.65. The SMILES string of the molecule is NC1CC(OCC(F)F)C12CCCC2. The molecule has 2 fully saturated rings. The van der Waals surface area contributed by atoms with Crippen molar-refractivity contribution in [2.75, 3.05) is 6.61 Å². The van der Waals surface area contributed by atoms with E-state index in [4.69, 9.17) is 10.5 Å². The van der Waals surface area contributed by atoms with E-state index in [-0.39, 0.29) is 17.6 Å². The highest BCUT2D eigenvalue weighted by molar-refractivity contribution is 5.08. The van der Waals surface area contributed by atoms with Gasteiger partial charge in [0.25, 0.3) is 6.43 Å². The molecule has 0 amide bonds. The summed E-state index contributed by atoms with van der Waals surface area (Å²) >= 11 is 0. The second kappa shape index (κ2) is 3.74. The van der Waals surface area contributed by atoms with Crippen LogP contribution in [0.3, 0.4) is 0 Å². The molecule has 1 spiro atoms. The van der Waals surface area contributed by atoms with E-state index >= 15 is 0 Å². The van der Waals surface area contributed by atoms with Crippen LogP contribution < -0.4 is 5.73 Å². The average molecular weight is 205 g/mol. The molecule has 0 heterocycles. The first-order valence-corrected chi connectivity index (χ1v) is 5.30. The highest BCUT2D eigenvalue weighted by Crippen LogP contribution is 2.53. The molecule has 0 bridgehead atoms. The number of hydrogen-bond acceptors (Lipinski definition) is 2. The topological polar surface area (TPSA) is 35.2 Å². The van der Waals surface area contributed by atoms with E-state index in [1.807, 2.05) is 0 Å². The third-order valence-corrected chi connectivity index (χ3v) is 3.81. The molecule has 2 N–H and O–H groups in total. The molecule has 2 atom stereocenters. The van der Waals surface area contributed by atoms with Crippen LogP contribution in [0.1, 0.15) is 32.1 Å². The smallest absolute Gasteiger partial charge is 0.261 e. The van der Waals surface area contributed by atoms with Gasteiger partial charge in [-0.3, -0.25) is 0 Å². The quantitative estimate of drug-likeness (QED) is 0.764. The minimum atomic E-state index is -2.36. The molecule has 2 rings (SSSR count). The molecule has 0 aromatic heterocycles. The van der Waals surface area contributed by atoms with Gasteiger partial charge in [0.2, 0.25) is 0 Å². The van der Waals surface area contributed by atoms with Crippen LogP contribution in [0.5, 0.6) is 0 Å². The Morgan fingerprint density at radius 3 is 2.50 bits per heavy atom. The van der Waals surface area contributed by atoms with Crippen LogP contribution in [0.25, 0.3) is 0 Å². The molecule has 2 saturated carbocycles. The summed E-state index contributed by atoms with van der Waals surface area (Å²) < 4.78 is 29.2. The molecule has 0 radical (unpaired) electrons. The van der Waals surface area contributed by atoms with E-state index in [9.17, 15) is 8.78 Å². The van der Waals surface area contributed by atoms with Gasteiger partial charge in [-0.05, 0) is 19.3 Å². The van der Waals surface area contributed by atoms with Gasteiger partial charge >= 0.3 is 0 Å². The summed E-state index contributed by atoms with van der Waals surface area (Å²) in [5, 5.41) is 0. The Labute approximate surface area is 82.8 Å². The van der Waals surface area contributed by atoms with E-state index in [0.717, 1.165) is 19.3 Å². The van der Waals surface area contributed by atoms with Gasteiger partial charge in [0.1, 0.15) is 6.61 Å². The van der Waals surface area contributed by atoms with Crippen molar-refractivity contribution in [1.82, 2.24) is 0 Å². The summed E-state index contributed by atoms with van der Waals surface area (Å²) in [6.45, 7) is -0.431. The van der Waals surface area contributed by atoms with Crippen LogP contribution in [0.15, 0.2) is 0 Å². The van der Waals surface area contributed by atoms with Crippen molar-refractivity contribution in [3.8, 4) is 0 Å². The fourth-order valence-electron chi connectivity index (χ4n) is 2.93. The van der Waals surface area contributed by atoms with Gasteiger partial charge in [0.15, 0.2) is 0 Å². The maximum Gasteiger partial charge on any atom is 0.261 e. The first kappa shape index (κ1) is 10.3. The molecule has 0 saturated heterocycles. The van der Waals surface area contributed by atoms with E-state index in [0.29, 0.717) is 0 Å². The maximum absolute atomic E-state index is 12.0. The van der Waals surface area contributed by atoms with Gasteiger partial charge in [-0.2, -0.15) is 0 Å². The summed E-state index contributed by atoms with van der Waals surface area (Å²) in [5.74, 6) is 0. The van der Waals surface area contributed by atoms with Gasteiger partial charge in [-0.15, -0.1) is 0 Å². The number of rotatable bonds is 3. The van der Waals surface area contributed by atoms with Gasteiger partial charge in [0.05, 0.1) is 6.10 Å². The van der Waals surface area contributed by atoms with Crippen LogP contribution >= 0.6 is 0 Å². The van der Waals surface area contributed by atoms with E-state index in [1.54, 1.807) is 0 Å². The molecule has 0 aromatic carbocycles. The fraction of sp³-hybridized carbons (Fsp3) is 1.00. The Bertz CT molecular complexity index is 204. The lowest BCUT2D eigenvalue weighted by Crippen LogP contribution is -2.61. The molecule has 82 valence electrons. The van der Waals surface area contributed by atoms with Crippen molar-refractivity contribution in [2.45, 2.75) is 50.7 Å². The molecule has 2 unspecified atom stereocenters. The average Bonchev–Trinajstić information content (AvgIpc) is 2.62. The summed E-state index contributed by atoms with van der Waals surface area (Å²) in [5.41, 5.74) is 6.00. The predicted octanol–water partition coefficient (Wildman–Crippen LogP) is 1.93. The Hall–Kier alpha value is -0.220. The largest absolute Gasteiger partial charge is 0.372 e. The molecule has 0 aromatic rings. The maximum atomic E-state index is 12.0. The number of hydrogen-bond donors (Lipinski definition) is 1. The van der Waals surface area contributed by atoms with Crippen LogP contribution in [0, 0.1) is 5.41 Å². The molecule has 14 heavy (non-hydrogen) atoms. The minimum absolute atomic E-state index is 0.00556. The number of ether oxygens (including phenoxy) is 1. The van der Waals surface area contributed by atoms with Crippen molar-refractivity contribution in [3.63, 3.8) is 0 Å². The van der Waals surface area contributed by atoms with Gasteiger partial charge in [-0.1, -0.05) is 12.8 Å². The van der Waals surface area contributed by atoms with Crippen molar-refractivity contribution in [3.05, 3.63) is 0 Å². The Morgan fingerprint density at radius 1 is 1.36 bits per heavy atom. The summed E-state index contributed by atoms with van der Waals surface area (Å²) in [4.78, 5) is 0. The number of nitrogens with two attached hydrogens (primary N) is 1. The van der Waals surface area contributed by atoms with Crippen LogP contribution in [-0.4, -0.2) is 25.2 Å². The zero-order valence-corrected chi connectivity index (χ0v) is 8.22. The zero-order chi connectivity index (χ0) is 10.2. The molecular weight excluding hydrogens is 188 g/mol. The van der Waals surface area contributed by atoms with Crippen molar-refractivity contribution >= 4 is 0 Å². The summed E-state index contributed by atoms with van der Waals surface area (Å²) in [6.07, 6.45) is 2.85. The minimum Gasteiger partial charge on any atom is -0.372 e. The lowest BCUT2D eigenvalue weighted by Gasteiger charge is -2.52. The number of alkyl halides is 2. The lowest BCUT2D eigenvalue weighted by molar-refractivity contribution is -0.144. The van der Waals surface area contributed by atoms with Gasteiger partial charge in [0, 0.05) is 11.5 Å². The molecule has 2 aliphatic carbocycles. The van der Waals surface area contributed by atoms with E-state index in [1.165, 1.54) is 12.8 Å². The summed E-state index contributed by atoms with van der Waals surface area (Å²) in [6, 6.07) is 0.174. The van der Waals surface area contributed by atoms with Gasteiger partial charge < -0.3 is 10.5 Å². The summed E-state index contributed by atoms with van der Waals surface area (Å²) in [7, 11) is 0. The second-order valence-electron chi connectivity index (χ2n) is 4.50. The van der Waals surface area contributed by atoms with Crippen LogP contribution in [-0.2, 0) is 4.74 Å². The third-order valence-electron chi connectivity index (χ3n) is 3.81. The molecule has 4 heteroatoms. The monoisotopic (exact) mass is 205 g/mol. The normalized spacial score (nSPS) is 35.1. The van der Waals surface area contributed by atoms with Gasteiger partial charge in [-0.25, -0.2) is 8.78 Å². The van der Waals surface area contributed by atoms with Crippen LogP contribution in [0.4, 0.5) is 8.78 Å². The van der Waals surface area contributed by atoms with Crippen molar-refractivity contribution in [1.29, 1.82) is 0 Å². The second-order valence-corrected chi connectivity index (χ2v) is 4.50. The molecule has 2 aliphatic rings. The Kier molecular flexibility index (Phi) is 2.75. The van der Waals surface area contributed by atoms with Crippen LogP contribution in [0.2, 0.25) is 0 Å². The standard InChI is InChI=1S/C10H17F2NO/c11-9(12)6-14-8-5-7(13)10(8)3-1-2-4-10/h7-9H,1-6,13H2. The predicted molar refractivity (Wildman–Crippen MR) is 49.2 cm³/mol. The van der Waals surface area contributed by atoms with Crippen molar-refractivity contribution in [2.24, 2.45) is 11.1 Å². The Morgan fingerprint density at radius 2 is 2.00 bits per heavy atom. The number of halogens is 2. The van der Waals surface area contributed by atoms with Crippen molar-refractivity contribution < 1.29 is 13.5 Å². The first-order valence-electron chi connectivity index (χ1n) is 5.30. The fourth-order valence-corrected chi connectivity index (χ4v) is 2.93. The highest BCUT2D eigenvalue weighted by atomic mass is 19.3. The van der Waals surface area contributed by atoms with E-state index in [2.05, 4.69) is 0 Å². The molecule has 2 nitrogen and oxygen atoms in total. The third kappa shape index (κ3) is 1.54.